The van der Waals surface area contributed by atoms with Crippen LogP contribution in [0, 0.1) is 0 Å². The molecular formula is C51H45N5O11. The van der Waals surface area contributed by atoms with Crippen LogP contribution in [0.2, 0.25) is 0 Å². The van der Waals surface area contributed by atoms with Crippen molar-refractivity contribution in [2.45, 2.75) is 70.2 Å². The van der Waals surface area contributed by atoms with Crippen molar-refractivity contribution < 1.29 is 52.5 Å². The topological polar surface area (TPSA) is 175 Å². The fraction of sp³-hybridized carbons (Fsp3) is 0.275. The quantitative estimate of drug-likeness (QED) is 0.0748. The van der Waals surface area contributed by atoms with E-state index in [1.165, 1.54) is 14.2 Å². The third-order valence-corrected chi connectivity index (χ3v) is 12.3. The van der Waals surface area contributed by atoms with Gasteiger partial charge in [-0.05, 0) is 77.6 Å². The Hall–Kier alpha value is -8.01. The molecule has 1 fully saturated rings. The van der Waals surface area contributed by atoms with Crippen LogP contribution in [0.3, 0.4) is 0 Å². The van der Waals surface area contributed by atoms with Crippen molar-refractivity contribution >= 4 is 64.8 Å². The van der Waals surface area contributed by atoms with Crippen LogP contribution >= 0.6 is 0 Å². The number of carbonyl (C=O) groups excluding carboxylic acids is 5. The van der Waals surface area contributed by atoms with Crippen LogP contribution in [0.4, 0.5) is 22.7 Å². The molecule has 16 heteroatoms. The molecule has 10 rings (SSSR count). The summed E-state index contributed by atoms with van der Waals surface area (Å²) >= 11 is 0. The van der Waals surface area contributed by atoms with Crippen molar-refractivity contribution in [3.8, 4) is 28.7 Å². The second-order valence-corrected chi connectivity index (χ2v) is 16.7. The zero-order valence-corrected chi connectivity index (χ0v) is 36.8. The van der Waals surface area contributed by atoms with E-state index in [2.05, 4.69) is 0 Å². The van der Waals surface area contributed by atoms with Crippen LogP contribution in [0.1, 0.15) is 75.1 Å². The molecule has 4 amide bonds. The lowest BCUT2D eigenvalue weighted by atomic mass is 10.1. The van der Waals surface area contributed by atoms with Gasteiger partial charge in [-0.15, -0.1) is 5.06 Å². The Bertz CT molecular complexity index is 2740. The average Bonchev–Trinajstić information content (AvgIpc) is 3.96. The van der Waals surface area contributed by atoms with E-state index in [9.17, 15) is 24.0 Å². The number of amides is 4. The molecule has 0 bridgehead atoms. The molecule has 0 saturated carbocycles. The zero-order valence-electron chi connectivity index (χ0n) is 36.8. The van der Waals surface area contributed by atoms with Gasteiger partial charge < -0.3 is 28.5 Å². The average molecular weight is 904 g/mol. The number of unbranched alkanes of at least 4 members (excludes halogenated alkanes) is 1. The van der Waals surface area contributed by atoms with Gasteiger partial charge in [-0.1, -0.05) is 36.4 Å². The lowest BCUT2D eigenvalue weighted by molar-refractivity contribution is -0.197. The van der Waals surface area contributed by atoms with Crippen LogP contribution < -0.4 is 33.5 Å². The van der Waals surface area contributed by atoms with E-state index in [0.29, 0.717) is 82.0 Å². The zero-order chi connectivity index (χ0) is 46.2. The lowest BCUT2D eigenvalue weighted by Crippen LogP contribution is -2.37. The number of fused-ring (bicyclic) bond motifs is 8. The molecule has 0 unspecified atom stereocenters. The Morgan fingerprint density at radius 2 is 1.12 bits per heavy atom. The van der Waals surface area contributed by atoms with Gasteiger partial charge >= 0.3 is 5.97 Å². The number of nitrogens with zero attached hydrogens (tertiary/aromatic N) is 5. The predicted molar refractivity (Wildman–Crippen MR) is 245 cm³/mol. The van der Waals surface area contributed by atoms with E-state index in [1.807, 2.05) is 66.7 Å². The number of aliphatic imine (C=N–C) groups is 2. The Morgan fingerprint density at radius 1 is 0.612 bits per heavy atom. The predicted octanol–water partition coefficient (Wildman–Crippen LogP) is 7.59. The van der Waals surface area contributed by atoms with E-state index >= 15 is 0 Å². The molecule has 5 aromatic carbocycles. The van der Waals surface area contributed by atoms with E-state index < -0.39 is 17.8 Å². The summed E-state index contributed by atoms with van der Waals surface area (Å²) in [6, 6.07) is 27.6. The minimum Gasteiger partial charge on any atom is -0.494 e. The van der Waals surface area contributed by atoms with Crippen LogP contribution in [0.15, 0.2) is 101 Å². The number of ether oxygens (including phenoxy) is 5. The first-order valence-corrected chi connectivity index (χ1v) is 22.1. The van der Waals surface area contributed by atoms with Gasteiger partial charge in [-0.2, -0.15) is 0 Å². The summed E-state index contributed by atoms with van der Waals surface area (Å²) in [6.07, 6.45) is 5.82. The molecule has 5 aliphatic rings. The molecule has 0 N–H and O–H groups in total. The van der Waals surface area contributed by atoms with Gasteiger partial charge in [0.1, 0.15) is 19.0 Å². The van der Waals surface area contributed by atoms with Crippen molar-refractivity contribution in [1.82, 2.24) is 5.06 Å². The molecule has 1 saturated heterocycles. The number of methoxy groups -OCH3 is 2. The van der Waals surface area contributed by atoms with Crippen molar-refractivity contribution in [3.05, 3.63) is 124 Å². The Balaban J connectivity index is 0.869. The largest absolute Gasteiger partial charge is 0.494 e. The summed E-state index contributed by atoms with van der Waals surface area (Å²) in [5, 5.41) is 0.543. The van der Waals surface area contributed by atoms with Gasteiger partial charge in [-0.3, -0.25) is 39.0 Å². The number of imide groups is 1. The van der Waals surface area contributed by atoms with Crippen molar-refractivity contribution in [3.63, 3.8) is 0 Å². The maximum Gasteiger partial charge on any atom is 0.333 e. The third kappa shape index (κ3) is 8.41. The fourth-order valence-electron chi connectivity index (χ4n) is 9.05. The first kappa shape index (κ1) is 42.9. The van der Waals surface area contributed by atoms with Gasteiger partial charge in [-0.25, -0.2) is 4.79 Å². The van der Waals surface area contributed by atoms with Crippen LogP contribution in [0.25, 0.3) is 0 Å². The highest BCUT2D eigenvalue weighted by Gasteiger charge is 2.38. The monoisotopic (exact) mass is 903 g/mol. The first-order chi connectivity index (χ1) is 32.6. The number of hydroxylamine groups is 2. The summed E-state index contributed by atoms with van der Waals surface area (Å²) in [6.45, 7) is 0.372. The maximum atomic E-state index is 14.0. The number of hydrogen-bond donors (Lipinski definition) is 0. The SMILES string of the molecule is COc1cc2c(cc1OCc1cc(COc3cc4c(cc3OC)C(=O)N3c5ccccc5C[C@H]3C=N4)cc(OCCCCC(=O)ON3C(=O)CCC3=O)c1)N=C[C@@H]1Cc3ccccc3N1C2=O. The number of para-hydroxylation sites is 2. The summed E-state index contributed by atoms with van der Waals surface area (Å²) in [4.78, 5) is 82.1. The minimum atomic E-state index is -0.676. The van der Waals surface area contributed by atoms with Crippen molar-refractivity contribution in [2.75, 3.05) is 30.6 Å². The van der Waals surface area contributed by atoms with E-state index in [-0.39, 0.29) is 63.0 Å². The first-order valence-electron chi connectivity index (χ1n) is 22.1. The smallest absolute Gasteiger partial charge is 0.333 e. The van der Waals surface area contributed by atoms with Gasteiger partial charge in [0, 0.05) is 68.0 Å². The fourth-order valence-corrected chi connectivity index (χ4v) is 9.05. The van der Waals surface area contributed by atoms with Gasteiger partial charge in [0.05, 0.1) is 55.4 Å². The van der Waals surface area contributed by atoms with Gasteiger partial charge in [0.15, 0.2) is 23.0 Å². The molecule has 0 aliphatic carbocycles. The highest BCUT2D eigenvalue weighted by Crippen LogP contribution is 2.43. The second-order valence-electron chi connectivity index (χ2n) is 16.7. The number of benzene rings is 5. The standard InChI is InChI=1S/C51H45N5O11/c1-62-43-22-37-39(52-26-34-20-32-9-3-5-11-41(32)54(34)50(37)60)24-45(43)65-28-30-17-31(19-36(18-30)64-16-8-7-13-49(59)67-56-47(57)14-15-48(56)58)29-66-46-25-40-38(23-44(46)63-2)51(61)55-35(27-53-40)21-33-10-4-6-12-42(33)55/h3-6,9-12,17-19,22-27,34-35H,7-8,13-16,20-21,28-29H2,1-2H3/t34-,35-/m0/s1. The normalized spacial score (nSPS) is 17.5. The van der Waals surface area contributed by atoms with Gasteiger partial charge in [0.25, 0.3) is 23.6 Å². The van der Waals surface area contributed by atoms with E-state index in [1.54, 1.807) is 46.5 Å². The Labute approximate surface area is 385 Å². The molecule has 5 aromatic rings. The third-order valence-electron chi connectivity index (χ3n) is 12.3. The number of hydrogen-bond acceptors (Lipinski definition) is 13. The summed E-state index contributed by atoms with van der Waals surface area (Å²) in [5.74, 6) is -0.0850. The molecule has 2 atom stereocenters. The van der Waals surface area contributed by atoms with E-state index in [4.69, 9.17) is 38.5 Å². The highest BCUT2D eigenvalue weighted by atomic mass is 16.7. The summed E-state index contributed by atoms with van der Waals surface area (Å²) < 4.78 is 30.5. The van der Waals surface area contributed by atoms with Crippen LogP contribution in [0.5, 0.6) is 28.7 Å². The van der Waals surface area contributed by atoms with E-state index in [0.717, 1.165) is 33.6 Å². The molecule has 0 radical (unpaired) electrons. The van der Waals surface area contributed by atoms with Crippen LogP contribution in [-0.2, 0) is 45.3 Å². The minimum absolute atomic E-state index is 0.0120. The second kappa shape index (κ2) is 18.1. The van der Waals surface area contributed by atoms with Crippen molar-refractivity contribution in [2.24, 2.45) is 9.98 Å². The Morgan fingerprint density at radius 3 is 1.63 bits per heavy atom. The lowest BCUT2D eigenvalue weighted by Gasteiger charge is -2.22. The molecule has 16 nitrogen and oxygen atoms in total. The molecular weight excluding hydrogens is 859 g/mol. The Kier molecular flexibility index (Phi) is 11.6. The molecule has 5 aliphatic heterocycles. The molecule has 67 heavy (non-hydrogen) atoms. The molecule has 0 aromatic heterocycles. The number of carbonyl (C=O) groups is 5. The molecule has 340 valence electrons. The maximum absolute atomic E-state index is 14.0. The molecule has 0 spiro atoms. The summed E-state index contributed by atoms with van der Waals surface area (Å²) in [5.41, 5.74) is 7.07. The van der Waals surface area contributed by atoms with Gasteiger partial charge in [0.2, 0.25) is 0 Å². The number of rotatable bonds is 15. The summed E-state index contributed by atoms with van der Waals surface area (Å²) in [7, 11) is 3.03. The van der Waals surface area contributed by atoms with Crippen molar-refractivity contribution in [1.29, 1.82) is 0 Å². The molecule has 5 heterocycles. The van der Waals surface area contributed by atoms with Crippen LogP contribution in [-0.4, -0.2) is 80.0 Å². The highest BCUT2D eigenvalue weighted by molar-refractivity contribution is 6.16. The number of anilines is 2.